The smallest absolute Gasteiger partial charge is 0.216 e. The molecule has 0 saturated carbocycles. The van der Waals surface area contributed by atoms with Crippen molar-refractivity contribution in [1.82, 2.24) is 4.98 Å². The monoisotopic (exact) mass is 217 g/mol. The summed E-state index contributed by atoms with van der Waals surface area (Å²) in [4.78, 5) is 3.95. The van der Waals surface area contributed by atoms with Gasteiger partial charge >= 0.3 is 0 Å². The van der Waals surface area contributed by atoms with Gasteiger partial charge in [0, 0.05) is 12.1 Å². The molecule has 6 heteroatoms. The normalized spacial score (nSPS) is 10.2. The lowest BCUT2D eigenvalue weighted by atomic mass is 10.3. The summed E-state index contributed by atoms with van der Waals surface area (Å²) in [6, 6.07) is 3.15. The molecule has 0 aliphatic heterocycles. The van der Waals surface area contributed by atoms with Crippen LogP contribution >= 0.6 is 0 Å². The highest BCUT2D eigenvalue weighted by Gasteiger charge is 2.03. The molecule has 1 aromatic rings. The molecule has 0 unspecified atom stereocenters. The quantitative estimate of drug-likeness (QED) is 0.730. The predicted molar refractivity (Wildman–Crippen MR) is 51.4 cm³/mol. The number of ether oxygens (including phenoxy) is 2. The van der Waals surface area contributed by atoms with Crippen LogP contribution in [0, 0.1) is 0 Å². The molecule has 0 aliphatic carbocycles. The van der Waals surface area contributed by atoms with Crippen LogP contribution in [0.2, 0.25) is 0 Å². The number of thiol groups is 1. The third-order valence-electron chi connectivity index (χ3n) is 1.56. The third-order valence-corrected chi connectivity index (χ3v) is 2.15. The van der Waals surface area contributed by atoms with E-state index in [1.165, 1.54) is 14.2 Å². The average Bonchev–Trinajstić information content (AvgIpc) is 2.16. The van der Waals surface area contributed by atoms with Gasteiger partial charge in [-0.1, -0.05) is 0 Å². The van der Waals surface area contributed by atoms with E-state index in [1.54, 1.807) is 12.1 Å². The van der Waals surface area contributed by atoms with Crippen molar-refractivity contribution in [2.75, 3.05) is 14.2 Å². The Bertz CT molecular complexity index is 359. The number of aromatic nitrogens is 1. The van der Waals surface area contributed by atoms with E-state index in [4.69, 9.17) is 9.47 Å². The summed E-state index contributed by atoms with van der Waals surface area (Å²) < 4.78 is 30.8. The molecule has 0 N–H and O–H groups in total. The van der Waals surface area contributed by atoms with Crippen molar-refractivity contribution in [3.05, 3.63) is 17.8 Å². The first-order chi connectivity index (χ1) is 6.65. The standard InChI is InChI=1S/C8H11NO4S/c1-12-7-3-6(5-14(10)11)9-8(4-7)13-2/h3-4,14H,5H2,1-2H3. The Hall–Kier alpha value is -1.30. The molecule has 0 spiro atoms. The highest BCUT2D eigenvalue weighted by molar-refractivity contribution is 7.71. The molecule has 0 radical (unpaired) electrons. The largest absolute Gasteiger partial charge is 0.496 e. The van der Waals surface area contributed by atoms with Crippen LogP contribution in [-0.2, 0) is 16.5 Å². The van der Waals surface area contributed by atoms with Crippen LogP contribution in [-0.4, -0.2) is 27.6 Å². The zero-order valence-electron chi connectivity index (χ0n) is 7.89. The number of nitrogens with zero attached hydrogens (tertiary/aromatic N) is 1. The van der Waals surface area contributed by atoms with Crippen LogP contribution in [0.15, 0.2) is 12.1 Å². The second-order valence-electron chi connectivity index (χ2n) is 2.53. The van der Waals surface area contributed by atoms with E-state index in [0.717, 1.165) is 0 Å². The molecule has 0 aromatic carbocycles. The van der Waals surface area contributed by atoms with E-state index in [0.29, 0.717) is 17.3 Å². The van der Waals surface area contributed by atoms with Crippen molar-refractivity contribution in [3.63, 3.8) is 0 Å². The van der Waals surface area contributed by atoms with Crippen molar-refractivity contribution >= 4 is 10.7 Å². The van der Waals surface area contributed by atoms with E-state index < -0.39 is 10.7 Å². The van der Waals surface area contributed by atoms with Gasteiger partial charge in [0.05, 0.1) is 25.7 Å². The fourth-order valence-corrected chi connectivity index (χ4v) is 1.40. The number of hydrogen-bond donors (Lipinski definition) is 1. The summed E-state index contributed by atoms with van der Waals surface area (Å²) in [5.41, 5.74) is 0.414. The maximum absolute atomic E-state index is 10.5. The summed E-state index contributed by atoms with van der Waals surface area (Å²) in [7, 11) is 0.472. The Labute approximate surface area is 83.6 Å². The molecule has 78 valence electrons. The zero-order valence-corrected chi connectivity index (χ0v) is 8.78. The van der Waals surface area contributed by atoms with Gasteiger partial charge in [0.25, 0.3) is 0 Å². The first-order valence-electron chi connectivity index (χ1n) is 3.86. The van der Waals surface area contributed by atoms with Gasteiger partial charge in [0.1, 0.15) is 16.5 Å². The second-order valence-corrected chi connectivity index (χ2v) is 3.51. The third kappa shape index (κ3) is 2.88. The highest BCUT2D eigenvalue weighted by Crippen LogP contribution is 2.18. The highest BCUT2D eigenvalue weighted by atomic mass is 32.2. The molecule has 0 atom stereocenters. The number of methoxy groups -OCH3 is 2. The number of rotatable bonds is 4. The van der Waals surface area contributed by atoms with E-state index in [-0.39, 0.29) is 5.75 Å². The lowest BCUT2D eigenvalue weighted by Gasteiger charge is -2.04. The Morgan fingerprint density at radius 3 is 2.50 bits per heavy atom. The van der Waals surface area contributed by atoms with Crippen LogP contribution in [0.4, 0.5) is 0 Å². The Kier molecular flexibility index (Phi) is 3.70. The molecular weight excluding hydrogens is 206 g/mol. The average molecular weight is 217 g/mol. The minimum Gasteiger partial charge on any atom is -0.496 e. The maximum atomic E-state index is 10.5. The second kappa shape index (κ2) is 4.80. The van der Waals surface area contributed by atoms with Gasteiger partial charge in [-0.15, -0.1) is 0 Å². The van der Waals surface area contributed by atoms with E-state index in [9.17, 15) is 8.42 Å². The topological polar surface area (TPSA) is 65.5 Å². The van der Waals surface area contributed by atoms with Crippen molar-refractivity contribution in [2.24, 2.45) is 0 Å². The number of hydrogen-bond acceptors (Lipinski definition) is 5. The van der Waals surface area contributed by atoms with Crippen LogP contribution in [0.1, 0.15) is 5.69 Å². The maximum Gasteiger partial charge on any atom is 0.216 e. The fraction of sp³-hybridized carbons (Fsp3) is 0.375. The van der Waals surface area contributed by atoms with Crippen molar-refractivity contribution in [3.8, 4) is 11.6 Å². The Balaban J connectivity index is 3.03. The first-order valence-corrected chi connectivity index (χ1v) is 5.22. The SMILES string of the molecule is COc1cc(C[SH](=O)=O)nc(OC)c1. The Morgan fingerprint density at radius 1 is 1.29 bits per heavy atom. The molecule has 0 aliphatic rings. The molecule has 1 aromatic heterocycles. The van der Waals surface area contributed by atoms with E-state index in [1.807, 2.05) is 0 Å². The molecule has 1 rings (SSSR count). The molecule has 14 heavy (non-hydrogen) atoms. The molecular formula is C8H11NO4S. The lowest BCUT2D eigenvalue weighted by Crippen LogP contribution is -1.96. The zero-order chi connectivity index (χ0) is 10.6. The van der Waals surface area contributed by atoms with E-state index >= 15 is 0 Å². The predicted octanol–water partition coefficient (Wildman–Crippen LogP) is 0.210. The molecule has 0 fully saturated rings. The lowest BCUT2D eigenvalue weighted by molar-refractivity contribution is 0.381. The summed E-state index contributed by atoms with van der Waals surface area (Å²) in [5, 5.41) is 0. The van der Waals surface area contributed by atoms with Crippen molar-refractivity contribution in [1.29, 1.82) is 0 Å². The number of pyridine rings is 1. The Morgan fingerprint density at radius 2 is 2.00 bits per heavy atom. The van der Waals surface area contributed by atoms with Gasteiger partial charge in [-0.05, 0) is 0 Å². The minimum absolute atomic E-state index is 0.108. The van der Waals surface area contributed by atoms with Crippen molar-refractivity contribution < 1.29 is 17.9 Å². The summed E-state index contributed by atoms with van der Waals surface area (Å²) in [6.07, 6.45) is 0. The van der Waals surface area contributed by atoms with Gasteiger partial charge < -0.3 is 9.47 Å². The van der Waals surface area contributed by atoms with Gasteiger partial charge in [-0.3, -0.25) is 0 Å². The molecule has 0 bridgehead atoms. The molecule has 0 saturated heterocycles. The molecule has 0 amide bonds. The summed E-state index contributed by atoms with van der Waals surface area (Å²) in [6.45, 7) is 0. The van der Waals surface area contributed by atoms with E-state index in [2.05, 4.69) is 4.98 Å². The van der Waals surface area contributed by atoms with Crippen LogP contribution in [0.3, 0.4) is 0 Å². The van der Waals surface area contributed by atoms with Gasteiger partial charge in [0.15, 0.2) is 0 Å². The van der Waals surface area contributed by atoms with Gasteiger partial charge in [-0.2, -0.15) is 0 Å². The van der Waals surface area contributed by atoms with Crippen LogP contribution in [0.5, 0.6) is 11.6 Å². The summed E-state index contributed by atoms with van der Waals surface area (Å²) in [5.74, 6) is 0.767. The van der Waals surface area contributed by atoms with Crippen LogP contribution in [0.25, 0.3) is 0 Å². The van der Waals surface area contributed by atoms with Crippen LogP contribution < -0.4 is 9.47 Å². The summed E-state index contributed by atoms with van der Waals surface area (Å²) >= 11 is 0. The van der Waals surface area contributed by atoms with Gasteiger partial charge in [0.2, 0.25) is 5.88 Å². The first kappa shape index (κ1) is 10.8. The van der Waals surface area contributed by atoms with Crippen molar-refractivity contribution in [2.45, 2.75) is 5.75 Å². The molecule has 1 heterocycles. The minimum atomic E-state index is -2.49. The molecule has 5 nitrogen and oxygen atoms in total. The fourth-order valence-electron chi connectivity index (χ4n) is 0.969. The van der Waals surface area contributed by atoms with Gasteiger partial charge in [-0.25, -0.2) is 13.4 Å².